The minimum atomic E-state index is -0.357. The second-order valence-corrected chi connectivity index (χ2v) is 2.73. The summed E-state index contributed by atoms with van der Waals surface area (Å²) in [6, 6.07) is 1.34. The molecule has 0 aliphatic carbocycles. The Balaban J connectivity index is 2.72. The number of hydrogen-bond donors (Lipinski definition) is 1. The summed E-state index contributed by atoms with van der Waals surface area (Å²) < 4.78 is 1.48. The molecule has 13 heavy (non-hydrogen) atoms. The van der Waals surface area contributed by atoms with E-state index in [9.17, 15) is 9.59 Å². The van der Waals surface area contributed by atoms with Gasteiger partial charge in [-0.05, 0) is 12.8 Å². The van der Waals surface area contributed by atoms with Crippen molar-refractivity contribution in [2.75, 3.05) is 0 Å². The molecule has 0 aromatic carbocycles. The summed E-state index contributed by atoms with van der Waals surface area (Å²) in [6.45, 7) is 4.20. The number of H-pyrrole nitrogens is 1. The molecule has 4 nitrogen and oxygen atoms in total. The highest BCUT2D eigenvalue weighted by Crippen LogP contribution is 1.91. The third kappa shape index (κ3) is 2.74. The molecule has 4 heteroatoms. The van der Waals surface area contributed by atoms with Gasteiger partial charge in [0.25, 0.3) is 5.56 Å². The van der Waals surface area contributed by atoms with Crippen LogP contribution in [-0.4, -0.2) is 9.55 Å². The molecule has 1 heterocycles. The molecule has 0 radical (unpaired) electrons. The number of unbranched alkanes of at least 4 members (excludes halogenated alkanes) is 1. The molecular formula is C9H12N2O2. The summed E-state index contributed by atoms with van der Waals surface area (Å²) in [5, 5.41) is 0. The van der Waals surface area contributed by atoms with Crippen LogP contribution in [0.4, 0.5) is 0 Å². The van der Waals surface area contributed by atoms with Crippen LogP contribution >= 0.6 is 0 Å². The van der Waals surface area contributed by atoms with Gasteiger partial charge in [0.2, 0.25) is 0 Å². The van der Waals surface area contributed by atoms with Crippen molar-refractivity contribution in [3.8, 4) is 0 Å². The van der Waals surface area contributed by atoms with E-state index in [1.54, 1.807) is 6.08 Å². The molecule has 0 atom stereocenters. The summed E-state index contributed by atoms with van der Waals surface area (Å²) in [7, 11) is 0. The first-order valence-corrected chi connectivity index (χ1v) is 4.14. The average Bonchev–Trinajstić information content (AvgIpc) is 2.09. The van der Waals surface area contributed by atoms with Gasteiger partial charge in [-0.15, -0.1) is 6.58 Å². The molecule has 0 aliphatic rings. The van der Waals surface area contributed by atoms with Gasteiger partial charge in [-0.2, -0.15) is 0 Å². The van der Waals surface area contributed by atoms with Crippen molar-refractivity contribution >= 4 is 0 Å². The third-order valence-corrected chi connectivity index (χ3v) is 1.70. The van der Waals surface area contributed by atoms with Crippen molar-refractivity contribution in [3.05, 3.63) is 45.8 Å². The minimum absolute atomic E-state index is 0.350. The molecule has 0 bridgehead atoms. The van der Waals surface area contributed by atoms with E-state index in [-0.39, 0.29) is 11.2 Å². The maximum Gasteiger partial charge on any atom is 0.328 e. The Morgan fingerprint density at radius 3 is 2.92 bits per heavy atom. The molecule has 1 N–H and O–H groups in total. The molecule has 0 unspecified atom stereocenters. The number of hydrogen-bond acceptors (Lipinski definition) is 2. The van der Waals surface area contributed by atoms with Crippen molar-refractivity contribution < 1.29 is 0 Å². The fourth-order valence-corrected chi connectivity index (χ4v) is 1.03. The van der Waals surface area contributed by atoms with Crippen molar-refractivity contribution in [2.24, 2.45) is 0 Å². The molecule has 0 spiro atoms. The van der Waals surface area contributed by atoms with Crippen LogP contribution in [0.3, 0.4) is 0 Å². The molecule has 70 valence electrons. The predicted molar refractivity (Wildman–Crippen MR) is 50.8 cm³/mol. The van der Waals surface area contributed by atoms with Crippen LogP contribution in [-0.2, 0) is 6.54 Å². The van der Waals surface area contributed by atoms with Crippen molar-refractivity contribution in [2.45, 2.75) is 19.4 Å². The Morgan fingerprint density at radius 2 is 2.31 bits per heavy atom. The predicted octanol–water partition coefficient (Wildman–Crippen LogP) is 0.503. The van der Waals surface area contributed by atoms with Gasteiger partial charge in [-0.3, -0.25) is 9.78 Å². The van der Waals surface area contributed by atoms with Gasteiger partial charge in [-0.1, -0.05) is 6.08 Å². The Kier molecular flexibility index (Phi) is 3.25. The van der Waals surface area contributed by atoms with Crippen LogP contribution in [0.15, 0.2) is 34.5 Å². The van der Waals surface area contributed by atoms with Crippen LogP contribution in [0.2, 0.25) is 0 Å². The topological polar surface area (TPSA) is 54.9 Å². The number of nitrogens with zero attached hydrogens (tertiary/aromatic N) is 1. The van der Waals surface area contributed by atoms with E-state index in [4.69, 9.17) is 0 Å². The van der Waals surface area contributed by atoms with Gasteiger partial charge in [0, 0.05) is 18.8 Å². The molecular weight excluding hydrogens is 168 g/mol. The second-order valence-electron chi connectivity index (χ2n) is 2.73. The highest BCUT2D eigenvalue weighted by atomic mass is 16.2. The van der Waals surface area contributed by atoms with Gasteiger partial charge in [0.1, 0.15) is 0 Å². The normalized spacial score (nSPS) is 9.85. The molecule has 1 aromatic rings. The van der Waals surface area contributed by atoms with Crippen molar-refractivity contribution in [3.63, 3.8) is 0 Å². The lowest BCUT2D eigenvalue weighted by Gasteiger charge is -2.01. The number of aryl methyl sites for hydroxylation is 1. The summed E-state index contributed by atoms with van der Waals surface area (Å²) in [4.78, 5) is 24.0. The lowest BCUT2D eigenvalue weighted by Crippen LogP contribution is -2.28. The van der Waals surface area contributed by atoms with Gasteiger partial charge < -0.3 is 4.57 Å². The third-order valence-electron chi connectivity index (χ3n) is 1.70. The van der Waals surface area contributed by atoms with E-state index in [0.29, 0.717) is 6.54 Å². The summed E-state index contributed by atoms with van der Waals surface area (Å²) >= 11 is 0. The van der Waals surface area contributed by atoms with E-state index < -0.39 is 0 Å². The fraction of sp³-hybridized carbons (Fsp3) is 0.333. The van der Waals surface area contributed by atoms with Crippen LogP contribution < -0.4 is 11.2 Å². The minimum Gasteiger partial charge on any atom is -0.301 e. The molecule has 0 amide bonds. The summed E-state index contributed by atoms with van der Waals surface area (Å²) in [5.74, 6) is 0. The zero-order chi connectivity index (χ0) is 9.68. The average molecular weight is 180 g/mol. The molecule has 0 fully saturated rings. The maximum atomic E-state index is 11.1. The van der Waals surface area contributed by atoms with Crippen LogP contribution in [0, 0.1) is 0 Å². The van der Waals surface area contributed by atoms with E-state index >= 15 is 0 Å². The van der Waals surface area contributed by atoms with Gasteiger partial charge >= 0.3 is 5.69 Å². The quantitative estimate of drug-likeness (QED) is 0.542. The number of rotatable bonds is 4. The zero-order valence-corrected chi connectivity index (χ0v) is 7.32. The smallest absolute Gasteiger partial charge is 0.301 e. The highest BCUT2D eigenvalue weighted by Gasteiger charge is 1.94. The molecule has 0 saturated heterocycles. The number of nitrogens with one attached hydrogen (secondary N) is 1. The largest absolute Gasteiger partial charge is 0.328 e. The number of aromatic nitrogens is 2. The van der Waals surface area contributed by atoms with E-state index in [2.05, 4.69) is 11.6 Å². The molecule has 0 saturated carbocycles. The van der Waals surface area contributed by atoms with E-state index in [0.717, 1.165) is 12.8 Å². The Labute approximate surface area is 75.5 Å². The number of aromatic amines is 1. The summed E-state index contributed by atoms with van der Waals surface area (Å²) in [6.07, 6.45) is 5.03. The first-order chi connectivity index (χ1) is 6.24. The van der Waals surface area contributed by atoms with Crippen molar-refractivity contribution in [1.29, 1.82) is 0 Å². The van der Waals surface area contributed by atoms with Gasteiger partial charge in [0.05, 0.1) is 0 Å². The van der Waals surface area contributed by atoms with Crippen LogP contribution in [0.5, 0.6) is 0 Å². The zero-order valence-electron chi connectivity index (χ0n) is 7.32. The Bertz CT molecular complexity index is 389. The molecule has 0 aliphatic heterocycles. The first kappa shape index (κ1) is 9.51. The van der Waals surface area contributed by atoms with Crippen LogP contribution in [0.25, 0.3) is 0 Å². The SMILES string of the molecule is C=CCCCn1ccc(=O)[nH]c1=O. The monoisotopic (exact) mass is 180 g/mol. The summed E-state index contributed by atoms with van der Waals surface area (Å²) in [5.41, 5.74) is -0.707. The highest BCUT2D eigenvalue weighted by molar-refractivity contribution is 4.82. The molecule has 1 aromatic heterocycles. The van der Waals surface area contributed by atoms with Gasteiger partial charge in [0.15, 0.2) is 0 Å². The fourth-order valence-electron chi connectivity index (χ4n) is 1.03. The van der Waals surface area contributed by atoms with E-state index in [1.807, 2.05) is 0 Å². The van der Waals surface area contributed by atoms with E-state index in [1.165, 1.54) is 16.8 Å². The molecule has 1 rings (SSSR count). The lowest BCUT2D eigenvalue weighted by molar-refractivity contribution is 0.610. The Hall–Kier alpha value is -1.58. The lowest BCUT2D eigenvalue weighted by atomic mass is 10.3. The second kappa shape index (κ2) is 4.45. The Morgan fingerprint density at radius 1 is 1.54 bits per heavy atom. The standard InChI is InChI=1S/C9H12N2O2/c1-2-3-4-6-11-7-5-8(12)10-9(11)13/h2,5,7H,1,3-4,6H2,(H,10,12,13). The van der Waals surface area contributed by atoms with Gasteiger partial charge in [-0.25, -0.2) is 4.79 Å². The maximum absolute atomic E-state index is 11.1. The first-order valence-electron chi connectivity index (χ1n) is 4.14. The van der Waals surface area contributed by atoms with Crippen molar-refractivity contribution in [1.82, 2.24) is 9.55 Å². The number of allylic oxidation sites excluding steroid dienone is 1. The van der Waals surface area contributed by atoms with Crippen LogP contribution in [0.1, 0.15) is 12.8 Å².